The number of thiazole rings is 1. The number of ether oxygens (including phenoxy) is 1. The average molecular weight is 686 g/mol. The lowest BCUT2D eigenvalue weighted by atomic mass is 9.83. The van der Waals surface area contributed by atoms with Crippen molar-refractivity contribution >= 4 is 45.8 Å². The molecule has 0 saturated heterocycles. The standard InChI is InChI=1S/C37H43N5O6S/c1-48-34(44)20-33(43)30(17-24-9-3-2-4-10-24)40-37(47)32(19-28-22-49-23-39-28)42-36(46)31(41-35(45)27-14-8-16-38-21-27)18-26-13-7-12-25-11-5-6-15-29(25)26/h5-8,11-16,21-24,30-33,43H,2-4,9-10,17-20H2,1H3,(H,40,47)(H,41,45)(H,42,46)/t30-,31-,32?,33-/m0/s1. The summed E-state index contributed by atoms with van der Waals surface area (Å²) in [5.74, 6) is -1.85. The van der Waals surface area contributed by atoms with Gasteiger partial charge in [-0.15, -0.1) is 11.3 Å². The summed E-state index contributed by atoms with van der Waals surface area (Å²) in [4.78, 5) is 62.0. The van der Waals surface area contributed by atoms with Crippen molar-refractivity contribution in [3.05, 3.63) is 94.7 Å². The maximum absolute atomic E-state index is 14.2. The Bertz CT molecular complexity index is 1690. The highest BCUT2D eigenvalue weighted by atomic mass is 32.1. The van der Waals surface area contributed by atoms with Crippen LogP contribution in [-0.2, 0) is 32.0 Å². The molecule has 4 aromatic rings. The van der Waals surface area contributed by atoms with Gasteiger partial charge in [-0.25, -0.2) is 4.98 Å². The van der Waals surface area contributed by atoms with Crippen molar-refractivity contribution in [2.75, 3.05) is 7.11 Å². The number of amides is 3. The van der Waals surface area contributed by atoms with E-state index < -0.39 is 47.9 Å². The average Bonchev–Trinajstić information content (AvgIpc) is 3.64. The number of aliphatic hydroxyl groups excluding tert-OH is 1. The van der Waals surface area contributed by atoms with E-state index in [1.54, 1.807) is 29.2 Å². The zero-order valence-corrected chi connectivity index (χ0v) is 28.4. The van der Waals surface area contributed by atoms with Gasteiger partial charge < -0.3 is 25.8 Å². The summed E-state index contributed by atoms with van der Waals surface area (Å²) < 4.78 is 4.79. The van der Waals surface area contributed by atoms with Crippen LogP contribution in [0.25, 0.3) is 10.8 Å². The number of carbonyl (C=O) groups excluding carboxylic acids is 4. The predicted octanol–water partition coefficient (Wildman–Crippen LogP) is 4.14. The third-order valence-corrected chi connectivity index (χ3v) is 9.72. The molecule has 1 aliphatic rings. The molecule has 12 heteroatoms. The van der Waals surface area contributed by atoms with Crippen LogP contribution in [-0.4, -0.2) is 70.1 Å². The van der Waals surface area contributed by atoms with Crippen LogP contribution in [0.4, 0.5) is 0 Å². The number of aliphatic hydroxyl groups is 1. The fourth-order valence-corrected chi connectivity index (χ4v) is 7.01. The summed E-state index contributed by atoms with van der Waals surface area (Å²) >= 11 is 1.37. The number of hydrogen-bond acceptors (Lipinski definition) is 9. The van der Waals surface area contributed by atoms with E-state index in [-0.39, 0.29) is 25.2 Å². The van der Waals surface area contributed by atoms with E-state index in [2.05, 4.69) is 25.9 Å². The fraction of sp³-hybridized carbons (Fsp3) is 0.405. The molecule has 1 aliphatic carbocycles. The topological polar surface area (TPSA) is 160 Å². The summed E-state index contributed by atoms with van der Waals surface area (Å²) in [7, 11) is 1.25. The maximum atomic E-state index is 14.2. The van der Waals surface area contributed by atoms with Crippen LogP contribution in [0.15, 0.2) is 77.9 Å². The van der Waals surface area contributed by atoms with E-state index in [1.807, 2.05) is 42.5 Å². The van der Waals surface area contributed by atoms with Gasteiger partial charge in [0.2, 0.25) is 11.8 Å². The molecule has 1 unspecified atom stereocenters. The van der Waals surface area contributed by atoms with Gasteiger partial charge in [0.15, 0.2) is 0 Å². The van der Waals surface area contributed by atoms with Gasteiger partial charge in [0.25, 0.3) is 5.91 Å². The smallest absolute Gasteiger partial charge is 0.308 e. The lowest BCUT2D eigenvalue weighted by Gasteiger charge is -2.31. The first kappa shape index (κ1) is 35.6. The summed E-state index contributed by atoms with van der Waals surface area (Å²) in [6.07, 6.45) is 7.52. The van der Waals surface area contributed by atoms with Crippen LogP contribution in [0.5, 0.6) is 0 Å². The first-order valence-corrected chi connectivity index (χ1v) is 17.6. The second kappa shape index (κ2) is 17.6. The van der Waals surface area contributed by atoms with Crippen LogP contribution in [0.1, 0.15) is 66.6 Å². The number of nitrogens with one attached hydrogen (secondary N) is 3. The predicted molar refractivity (Wildman–Crippen MR) is 187 cm³/mol. The van der Waals surface area contributed by atoms with Crippen LogP contribution in [0.3, 0.4) is 0 Å². The molecule has 0 bridgehead atoms. The molecule has 11 nitrogen and oxygen atoms in total. The Labute approximate surface area is 289 Å². The number of pyridine rings is 1. The van der Waals surface area contributed by atoms with Crippen LogP contribution >= 0.6 is 11.3 Å². The Kier molecular flexibility index (Phi) is 12.8. The number of carbonyl (C=O) groups is 4. The Morgan fingerprint density at radius 1 is 0.918 bits per heavy atom. The first-order chi connectivity index (χ1) is 23.8. The highest BCUT2D eigenvalue weighted by Crippen LogP contribution is 2.28. The third kappa shape index (κ3) is 10.2. The van der Waals surface area contributed by atoms with Crippen molar-refractivity contribution in [1.82, 2.24) is 25.9 Å². The van der Waals surface area contributed by atoms with Crippen LogP contribution in [0.2, 0.25) is 0 Å². The van der Waals surface area contributed by atoms with Gasteiger partial charge in [-0.05, 0) is 40.8 Å². The third-order valence-electron chi connectivity index (χ3n) is 9.09. The van der Waals surface area contributed by atoms with Crippen molar-refractivity contribution < 1.29 is 29.0 Å². The Morgan fingerprint density at radius 3 is 2.41 bits per heavy atom. The fourth-order valence-electron chi connectivity index (χ4n) is 6.44. The van der Waals surface area contributed by atoms with Gasteiger partial charge in [-0.1, -0.05) is 74.6 Å². The summed E-state index contributed by atoms with van der Waals surface area (Å²) in [5.41, 5.74) is 3.40. The molecule has 1 saturated carbocycles. The molecule has 5 rings (SSSR count). The van der Waals surface area contributed by atoms with Gasteiger partial charge in [-0.3, -0.25) is 24.2 Å². The number of esters is 1. The molecule has 4 N–H and O–H groups in total. The molecular weight excluding hydrogens is 643 g/mol. The maximum Gasteiger partial charge on any atom is 0.308 e. The number of nitrogens with zero attached hydrogens (tertiary/aromatic N) is 2. The molecule has 2 aromatic carbocycles. The monoisotopic (exact) mass is 685 g/mol. The van der Waals surface area contributed by atoms with Crippen molar-refractivity contribution in [2.24, 2.45) is 5.92 Å². The molecule has 0 spiro atoms. The second-order valence-corrected chi connectivity index (χ2v) is 13.3. The van der Waals surface area contributed by atoms with Crippen molar-refractivity contribution in [2.45, 2.75) is 82.0 Å². The zero-order chi connectivity index (χ0) is 34.6. The number of hydrogen-bond donors (Lipinski definition) is 4. The summed E-state index contributed by atoms with van der Waals surface area (Å²) in [6.45, 7) is 0. The van der Waals surface area contributed by atoms with Crippen molar-refractivity contribution in [3.8, 4) is 0 Å². The minimum atomic E-state index is -1.17. The Morgan fingerprint density at radius 2 is 1.67 bits per heavy atom. The van der Waals surface area contributed by atoms with Gasteiger partial charge in [0.1, 0.15) is 12.1 Å². The molecule has 2 heterocycles. The Hall–Kier alpha value is -4.68. The molecule has 0 aliphatic heterocycles. The zero-order valence-electron chi connectivity index (χ0n) is 27.5. The lowest BCUT2D eigenvalue weighted by molar-refractivity contribution is -0.144. The molecule has 4 atom stereocenters. The number of fused-ring (bicyclic) bond motifs is 1. The van der Waals surface area contributed by atoms with E-state index in [4.69, 9.17) is 4.74 Å². The highest BCUT2D eigenvalue weighted by molar-refractivity contribution is 7.07. The molecule has 2 aromatic heterocycles. The molecule has 0 radical (unpaired) electrons. The van der Waals surface area contributed by atoms with Gasteiger partial charge >= 0.3 is 5.97 Å². The quantitative estimate of drug-likeness (QED) is 0.136. The van der Waals surface area contributed by atoms with Crippen LogP contribution in [0, 0.1) is 5.92 Å². The van der Waals surface area contributed by atoms with E-state index in [0.717, 1.165) is 48.4 Å². The Balaban J connectivity index is 1.40. The summed E-state index contributed by atoms with van der Waals surface area (Å²) in [6, 6.07) is 14.0. The van der Waals surface area contributed by atoms with Crippen molar-refractivity contribution in [3.63, 3.8) is 0 Å². The van der Waals surface area contributed by atoms with E-state index in [0.29, 0.717) is 17.7 Å². The number of methoxy groups -OCH3 is 1. The molecule has 49 heavy (non-hydrogen) atoms. The lowest BCUT2D eigenvalue weighted by Crippen LogP contribution is -2.57. The second-order valence-electron chi connectivity index (χ2n) is 12.6. The van der Waals surface area contributed by atoms with Crippen molar-refractivity contribution in [1.29, 1.82) is 0 Å². The number of benzene rings is 2. The molecule has 1 fully saturated rings. The molecule has 258 valence electrons. The SMILES string of the molecule is COC(=O)C[C@H](O)[C@H](CC1CCCCC1)NC(=O)C(Cc1cscn1)NC(=O)[C@H](Cc1cccc2ccccc12)NC(=O)c1cccnc1. The molecular formula is C37H43N5O6S. The highest BCUT2D eigenvalue weighted by Gasteiger charge is 2.33. The van der Waals surface area contributed by atoms with E-state index in [1.165, 1.54) is 24.6 Å². The number of aromatic nitrogens is 2. The first-order valence-electron chi connectivity index (χ1n) is 16.7. The van der Waals surface area contributed by atoms with Gasteiger partial charge in [0, 0.05) is 30.6 Å². The number of rotatable bonds is 15. The molecule has 3 amide bonds. The van der Waals surface area contributed by atoms with Gasteiger partial charge in [0.05, 0.1) is 42.4 Å². The van der Waals surface area contributed by atoms with Crippen LogP contribution < -0.4 is 16.0 Å². The largest absolute Gasteiger partial charge is 0.469 e. The normalized spacial score (nSPS) is 15.8. The summed E-state index contributed by atoms with van der Waals surface area (Å²) in [5, 5.41) is 23.5. The minimum Gasteiger partial charge on any atom is -0.469 e. The van der Waals surface area contributed by atoms with E-state index >= 15 is 0 Å². The van der Waals surface area contributed by atoms with Gasteiger partial charge in [-0.2, -0.15) is 0 Å². The van der Waals surface area contributed by atoms with E-state index in [9.17, 15) is 24.3 Å². The minimum absolute atomic E-state index is 0.0852.